The van der Waals surface area contributed by atoms with Gasteiger partial charge in [0.15, 0.2) is 0 Å². The molecular formula is C17H23ClN2O2. The molecule has 0 bridgehead atoms. The van der Waals surface area contributed by atoms with Gasteiger partial charge in [-0.05, 0) is 25.0 Å². The third-order valence-electron chi connectivity index (χ3n) is 4.55. The molecule has 3 rings (SSSR count). The van der Waals surface area contributed by atoms with Crippen molar-refractivity contribution in [2.75, 3.05) is 36.5 Å². The Morgan fingerprint density at radius 2 is 1.91 bits per heavy atom. The van der Waals surface area contributed by atoms with E-state index in [0.717, 1.165) is 50.1 Å². The summed E-state index contributed by atoms with van der Waals surface area (Å²) in [5.74, 6) is 0.279. The predicted octanol–water partition coefficient (Wildman–Crippen LogP) is 3.70. The van der Waals surface area contributed by atoms with Crippen molar-refractivity contribution in [2.24, 2.45) is 5.92 Å². The van der Waals surface area contributed by atoms with Crippen LogP contribution in [0.15, 0.2) is 18.2 Å². The van der Waals surface area contributed by atoms with Gasteiger partial charge in [-0.2, -0.15) is 0 Å². The quantitative estimate of drug-likeness (QED) is 0.922. The molecule has 0 atom stereocenters. The third-order valence-corrected chi connectivity index (χ3v) is 4.85. The lowest BCUT2D eigenvalue weighted by Crippen LogP contribution is -2.37. The first-order valence-electron chi connectivity index (χ1n) is 8.18. The first-order chi connectivity index (χ1) is 10.8. The van der Waals surface area contributed by atoms with Crippen LogP contribution < -0.4 is 10.2 Å². The fraction of sp³-hybridized carbons (Fsp3) is 0.588. The lowest BCUT2D eigenvalue weighted by molar-refractivity contribution is -0.120. The molecule has 22 heavy (non-hydrogen) atoms. The lowest BCUT2D eigenvalue weighted by atomic mass is 9.88. The van der Waals surface area contributed by atoms with Crippen molar-refractivity contribution in [1.29, 1.82) is 0 Å². The van der Waals surface area contributed by atoms with Gasteiger partial charge in [0.1, 0.15) is 0 Å². The first-order valence-corrected chi connectivity index (χ1v) is 8.55. The molecule has 1 heterocycles. The Bertz CT molecular complexity index is 523. The van der Waals surface area contributed by atoms with E-state index >= 15 is 0 Å². The van der Waals surface area contributed by atoms with Crippen LogP contribution in [0.5, 0.6) is 0 Å². The van der Waals surface area contributed by atoms with Crippen LogP contribution >= 0.6 is 11.6 Å². The van der Waals surface area contributed by atoms with Gasteiger partial charge >= 0.3 is 0 Å². The van der Waals surface area contributed by atoms with Crippen LogP contribution in [0, 0.1) is 5.92 Å². The highest BCUT2D eigenvalue weighted by Gasteiger charge is 2.24. The number of nitrogens with one attached hydrogen (secondary N) is 1. The minimum absolute atomic E-state index is 0.136. The van der Waals surface area contributed by atoms with Crippen molar-refractivity contribution < 1.29 is 9.53 Å². The molecule has 0 unspecified atom stereocenters. The number of carbonyl (C=O) groups is 1. The normalized spacial score (nSPS) is 20.0. The Morgan fingerprint density at radius 3 is 2.64 bits per heavy atom. The summed E-state index contributed by atoms with van der Waals surface area (Å²) < 4.78 is 5.41. The monoisotopic (exact) mass is 322 g/mol. The Labute approximate surface area is 136 Å². The van der Waals surface area contributed by atoms with E-state index in [9.17, 15) is 4.79 Å². The van der Waals surface area contributed by atoms with Crippen LogP contribution in [0.25, 0.3) is 0 Å². The van der Waals surface area contributed by atoms with Gasteiger partial charge < -0.3 is 15.0 Å². The molecule has 5 heteroatoms. The number of hydrogen-bond donors (Lipinski definition) is 1. The minimum atomic E-state index is 0.136. The Hall–Kier alpha value is -1.26. The second-order valence-electron chi connectivity index (χ2n) is 6.06. The lowest BCUT2D eigenvalue weighted by Gasteiger charge is -2.31. The average Bonchev–Trinajstić information content (AvgIpc) is 2.56. The molecule has 1 saturated heterocycles. The number of benzene rings is 1. The van der Waals surface area contributed by atoms with Gasteiger partial charge in [-0.1, -0.05) is 36.9 Å². The fourth-order valence-electron chi connectivity index (χ4n) is 3.32. The summed E-state index contributed by atoms with van der Waals surface area (Å²) in [7, 11) is 0. The Morgan fingerprint density at radius 1 is 1.18 bits per heavy atom. The van der Waals surface area contributed by atoms with Crippen molar-refractivity contribution in [3.05, 3.63) is 23.2 Å². The summed E-state index contributed by atoms with van der Waals surface area (Å²) >= 11 is 6.40. The summed E-state index contributed by atoms with van der Waals surface area (Å²) in [6, 6.07) is 5.71. The maximum absolute atomic E-state index is 12.5. The van der Waals surface area contributed by atoms with Gasteiger partial charge in [0, 0.05) is 19.0 Å². The summed E-state index contributed by atoms with van der Waals surface area (Å²) in [5.41, 5.74) is 1.75. The SMILES string of the molecule is O=C(Nc1cccc(Cl)c1N1CCOCC1)C1CCCCC1. The van der Waals surface area contributed by atoms with E-state index < -0.39 is 0 Å². The van der Waals surface area contributed by atoms with E-state index in [4.69, 9.17) is 16.3 Å². The molecular weight excluding hydrogens is 300 g/mol. The van der Waals surface area contributed by atoms with Gasteiger partial charge in [-0.3, -0.25) is 4.79 Å². The number of carbonyl (C=O) groups excluding carboxylic acids is 1. The van der Waals surface area contributed by atoms with E-state index in [1.165, 1.54) is 6.42 Å². The molecule has 1 saturated carbocycles. The zero-order chi connectivity index (χ0) is 15.4. The number of para-hydroxylation sites is 1. The molecule has 4 nitrogen and oxygen atoms in total. The maximum Gasteiger partial charge on any atom is 0.227 e. The van der Waals surface area contributed by atoms with Gasteiger partial charge in [-0.15, -0.1) is 0 Å². The zero-order valence-corrected chi connectivity index (χ0v) is 13.6. The fourth-order valence-corrected chi connectivity index (χ4v) is 3.62. The highest BCUT2D eigenvalue weighted by atomic mass is 35.5. The highest BCUT2D eigenvalue weighted by Crippen LogP contribution is 2.35. The van der Waals surface area contributed by atoms with Crippen molar-refractivity contribution in [3.63, 3.8) is 0 Å². The zero-order valence-electron chi connectivity index (χ0n) is 12.8. The minimum Gasteiger partial charge on any atom is -0.378 e. The largest absolute Gasteiger partial charge is 0.378 e. The average molecular weight is 323 g/mol. The second-order valence-corrected chi connectivity index (χ2v) is 6.47. The first kappa shape index (κ1) is 15.6. The van der Waals surface area contributed by atoms with Crippen LogP contribution in [0.1, 0.15) is 32.1 Å². The molecule has 0 spiro atoms. The summed E-state index contributed by atoms with van der Waals surface area (Å²) in [6.07, 6.45) is 5.56. The summed E-state index contributed by atoms with van der Waals surface area (Å²) in [4.78, 5) is 14.7. The van der Waals surface area contributed by atoms with Crippen molar-refractivity contribution >= 4 is 28.9 Å². The number of hydrogen-bond acceptors (Lipinski definition) is 3. The van der Waals surface area contributed by atoms with Gasteiger partial charge in [-0.25, -0.2) is 0 Å². The molecule has 0 aromatic heterocycles. The molecule has 1 amide bonds. The summed E-state index contributed by atoms with van der Waals surface area (Å²) in [5, 5.41) is 3.80. The third kappa shape index (κ3) is 3.55. The second kappa shape index (κ2) is 7.34. The number of morpholine rings is 1. The number of amides is 1. The molecule has 2 aliphatic rings. The molecule has 2 fully saturated rings. The van der Waals surface area contributed by atoms with Crippen LogP contribution in [-0.4, -0.2) is 32.2 Å². The van der Waals surface area contributed by atoms with Gasteiger partial charge in [0.05, 0.1) is 29.6 Å². The maximum atomic E-state index is 12.5. The van der Waals surface area contributed by atoms with Gasteiger partial charge in [0.25, 0.3) is 0 Å². The number of anilines is 2. The van der Waals surface area contributed by atoms with E-state index in [-0.39, 0.29) is 11.8 Å². The smallest absolute Gasteiger partial charge is 0.227 e. The topological polar surface area (TPSA) is 41.6 Å². The van der Waals surface area contributed by atoms with Crippen molar-refractivity contribution in [1.82, 2.24) is 0 Å². The molecule has 1 aromatic carbocycles. The molecule has 120 valence electrons. The van der Waals surface area contributed by atoms with Crippen LogP contribution in [0.3, 0.4) is 0 Å². The van der Waals surface area contributed by atoms with E-state index in [2.05, 4.69) is 10.2 Å². The number of halogens is 1. The number of rotatable bonds is 3. The van der Waals surface area contributed by atoms with Crippen molar-refractivity contribution in [3.8, 4) is 0 Å². The van der Waals surface area contributed by atoms with Gasteiger partial charge in [0.2, 0.25) is 5.91 Å². The standard InChI is InChI=1S/C17H23ClN2O2/c18-14-7-4-8-15(16(14)20-9-11-22-12-10-20)19-17(21)13-5-2-1-3-6-13/h4,7-8,13H,1-3,5-6,9-12H2,(H,19,21). The highest BCUT2D eigenvalue weighted by molar-refractivity contribution is 6.34. The van der Waals surface area contributed by atoms with Crippen LogP contribution in [0.4, 0.5) is 11.4 Å². The molecule has 0 radical (unpaired) electrons. The van der Waals surface area contributed by atoms with E-state index in [1.54, 1.807) is 0 Å². The van der Waals surface area contributed by atoms with Crippen molar-refractivity contribution in [2.45, 2.75) is 32.1 Å². The number of nitrogens with zero attached hydrogens (tertiary/aromatic N) is 1. The predicted molar refractivity (Wildman–Crippen MR) is 89.7 cm³/mol. The van der Waals surface area contributed by atoms with Crippen LogP contribution in [-0.2, 0) is 9.53 Å². The summed E-state index contributed by atoms with van der Waals surface area (Å²) in [6.45, 7) is 2.99. The number of ether oxygens (including phenoxy) is 1. The molecule has 1 N–H and O–H groups in total. The van der Waals surface area contributed by atoms with E-state index in [0.29, 0.717) is 18.2 Å². The van der Waals surface area contributed by atoms with Crippen LogP contribution in [0.2, 0.25) is 5.02 Å². The molecule has 1 aromatic rings. The Balaban J connectivity index is 1.77. The molecule has 1 aliphatic heterocycles. The molecule has 1 aliphatic carbocycles. The van der Waals surface area contributed by atoms with E-state index in [1.807, 2.05) is 18.2 Å². The Kier molecular flexibility index (Phi) is 5.21.